The summed E-state index contributed by atoms with van der Waals surface area (Å²) >= 11 is 0. The lowest BCUT2D eigenvalue weighted by Crippen LogP contribution is -2.32. The van der Waals surface area contributed by atoms with E-state index in [1.54, 1.807) is 19.2 Å². The Labute approximate surface area is 121 Å². The molecule has 1 heterocycles. The molecule has 6 nitrogen and oxygen atoms in total. The summed E-state index contributed by atoms with van der Waals surface area (Å²) in [7, 11) is -4.73. The van der Waals surface area contributed by atoms with E-state index in [0.717, 1.165) is 0 Å². The van der Waals surface area contributed by atoms with Crippen molar-refractivity contribution in [2.24, 2.45) is 0 Å². The van der Waals surface area contributed by atoms with E-state index in [4.69, 9.17) is 4.42 Å². The van der Waals surface area contributed by atoms with Gasteiger partial charge < -0.3 is 9.73 Å². The average molecular weight is 320 g/mol. The summed E-state index contributed by atoms with van der Waals surface area (Å²) in [6, 6.07) is 3.64. The molecular weight excluding hydrogens is 300 g/mol. The van der Waals surface area contributed by atoms with Gasteiger partial charge in [0.05, 0.1) is 6.54 Å². The second-order valence-electron chi connectivity index (χ2n) is 5.04. The van der Waals surface area contributed by atoms with Crippen molar-refractivity contribution in [3.05, 3.63) is 17.9 Å². The molecule has 20 heavy (non-hydrogen) atoms. The van der Waals surface area contributed by atoms with Crippen molar-refractivity contribution in [1.82, 2.24) is 10.0 Å². The molecule has 1 aromatic heterocycles. The molecule has 1 saturated carbocycles. The van der Waals surface area contributed by atoms with Crippen LogP contribution in [-0.2, 0) is 27.4 Å². The van der Waals surface area contributed by atoms with E-state index in [1.807, 2.05) is 0 Å². The molecule has 0 amide bonds. The zero-order valence-electron chi connectivity index (χ0n) is 11.6. The van der Waals surface area contributed by atoms with E-state index in [2.05, 4.69) is 10.0 Å². The van der Waals surface area contributed by atoms with Gasteiger partial charge >= 0.3 is 0 Å². The fourth-order valence-corrected chi connectivity index (χ4v) is 3.04. The van der Waals surface area contributed by atoms with Crippen molar-refractivity contribution in [2.75, 3.05) is 12.8 Å². The third kappa shape index (κ3) is 4.41. The standard InChI is InChI=1S/C12H20N2O4S2/c1-9(19(2)15)7-14-20(16,17)12-6-5-11(18-12)8-13-10-3-4-10/h5-6,9-10,13-14H,3-4,7-8H2,1-2H3. The summed E-state index contributed by atoms with van der Waals surface area (Å²) in [4.78, 5) is 0. The lowest BCUT2D eigenvalue weighted by atomic mass is 10.4. The Bertz CT molecular complexity index is 578. The maximum absolute atomic E-state index is 12.0. The molecule has 2 rings (SSSR count). The van der Waals surface area contributed by atoms with Gasteiger partial charge in [0.15, 0.2) is 0 Å². The van der Waals surface area contributed by atoms with Crippen molar-refractivity contribution in [2.45, 2.75) is 42.7 Å². The third-order valence-electron chi connectivity index (χ3n) is 3.17. The molecule has 0 spiro atoms. The van der Waals surface area contributed by atoms with E-state index in [-0.39, 0.29) is 16.9 Å². The summed E-state index contributed by atoms with van der Waals surface area (Å²) in [5.41, 5.74) is 0. The minimum atomic E-state index is -3.67. The molecule has 0 radical (unpaired) electrons. The summed E-state index contributed by atoms with van der Waals surface area (Å²) < 4.78 is 42.9. The van der Waals surface area contributed by atoms with Gasteiger partial charge in [0.2, 0.25) is 5.09 Å². The van der Waals surface area contributed by atoms with E-state index in [0.29, 0.717) is 18.3 Å². The molecule has 0 saturated heterocycles. The normalized spacial score (nSPS) is 18.9. The Hall–Kier alpha value is -0.700. The molecular formula is C12H20N2O4S2. The summed E-state index contributed by atoms with van der Waals surface area (Å²) in [5.74, 6) is 0.601. The van der Waals surface area contributed by atoms with Crippen LogP contribution in [0.3, 0.4) is 0 Å². The van der Waals surface area contributed by atoms with E-state index >= 15 is 0 Å². The van der Waals surface area contributed by atoms with Crippen LogP contribution in [0, 0.1) is 0 Å². The van der Waals surface area contributed by atoms with Gasteiger partial charge in [0.1, 0.15) is 5.76 Å². The van der Waals surface area contributed by atoms with Crippen LogP contribution in [0.15, 0.2) is 21.6 Å². The lowest BCUT2D eigenvalue weighted by molar-refractivity contribution is 0.399. The average Bonchev–Trinajstić information content (AvgIpc) is 3.09. The van der Waals surface area contributed by atoms with Crippen LogP contribution in [0.2, 0.25) is 0 Å². The van der Waals surface area contributed by atoms with Crippen molar-refractivity contribution < 1.29 is 17.0 Å². The van der Waals surface area contributed by atoms with Crippen LogP contribution in [-0.4, -0.2) is 36.7 Å². The molecule has 0 aliphatic heterocycles. The maximum Gasteiger partial charge on any atom is 0.273 e. The predicted molar refractivity (Wildman–Crippen MR) is 77.3 cm³/mol. The van der Waals surface area contributed by atoms with Crippen LogP contribution < -0.4 is 10.0 Å². The van der Waals surface area contributed by atoms with Gasteiger partial charge in [-0.15, -0.1) is 0 Å². The van der Waals surface area contributed by atoms with Crippen LogP contribution in [0.1, 0.15) is 25.5 Å². The molecule has 2 N–H and O–H groups in total. The molecule has 0 aromatic carbocycles. The minimum Gasteiger partial charge on any atom is -0.447 e. The highest BCUT2D eigenvalue weighted by Crippen LogP contribution is 2.20. The predicted octanol–water partition coefficient (Wildman–Crippen LogP) is 0.577. The molecule has 114 valence electrons. The summed E-state index contributed by atoms with van der Waals surface area (Å²) in [5, 5.41) is 2.92. The van der Waals surface area contributed by atoms with Gasteiger partial charge in [0, 0.05) is 34.9 Å². The van der Waals surface area contributed by atoms with Gasteiger partial charge in [-0.3, -0.25) is 4.21 Å². The minimum absolute atomic E-state index is 0.0980. The van der Waals surface area contributed by atoms with Gasteiger partial charge in [-0.25, -0.2) is 13.1 Å². The van der Waals surface area contributed by atoms with Crippen molar-refractivity contribution in [3.8, 4) is 0 Å². The first-order valence-corrected chi connectivity index (χ1v) is 9.63. The highest BCUT2D eigenvalue weighted by Gasteiger charge is 2.23. The number of sulfonamides is 1. The first-order valence-electron chi connectivity index (χ1n) is 6.52. The second kappa shape index (κ2) is 6.38. The summed E-state index contributed by atoms with van der Waals surface area (Å²) in [6.07, 6.45) is 3.88. The monoisotopic (exact) mass is 320 g/mol. The zero-order chi connectivity index (χ0) is 14.8. The Morgan fingerprint density at radius 2 is 2.15 bits per heavy atom. The third-order valence-corrected chi connectivity index (χ3v) is 5.77. The number of rotatable bonds is 8. The number of nitrogens with one attached hydrogen (secondary N) is 2. The molecule has 2 atom stereocenters. The van der Waals surface area contributed by atoms with Crippen molar-refractivity contribution in [3.63, 3.8) is 0 Å². The SMILES string of the molecule is CC(CNS(=O)(=O)c1ccc(CNC2CC2)o1)S(C)=O. The number of hydrogen-bond donors (Lipinski definition) is 2. The molecule has 1 aromatic rings. The smallest absolute Gasteiger partial charge is 0.273 e. The van der Waals surface area contributed by atoms with E-state index in [1.165, 1.54) is 18.9 Å². The molecule has 0 bridgehead atoms. The highest BCUT2D eigenvalue weighted by molar-refractivity contribution is 7.89. The molecule has 8 heteroatoms. The zero-order valence-corrected chi connectivity index (χ0v) is 13.2. The Morgan fingerprint density at radius 1 is 1.45 bits per heavy atom. The Balaban J connectivity index is 1.92. The maximum atomic E-state index is 12.0. The Morgan fingerprint density at radius 3 is 2.75 bits per heavy atom. The highest BCUT2D eigenvalue weighted by atomic mass is 32.2. The van der Waals surface area contributed by atoms with Gasteiger partial charge in [0.25, 0.3) is 10.0 Å². The topological polar surface area (TPSA) is 88.4 Å². The van der Waals surface area contributed by atoms with Gasteiger partial charge in [-0.1, -0.05) is 0 Å². The first-order chi connectivity index (χ1) is 9.38. The second-order valence-corrected chi connectivity index (χ2v) is 8.54. The van der Waals surface area contributed by atoms with Crippen LogP contribution >= 0.6 is 0 Å². The van der Waals surface area contributed by atoms with Gasteiger partial charge in [-0.2, -0.15) is 0 Å². The van der Waals surface area contributed by atoms with Crippen molar-refractivity contribution in [1.29, 1.82) is 0 Å². The molecule has 1 fully saturated rings. The van der Waals surface area contributed by atoms with E-state index in [9.17, 15) is 12.6 Å². The lowest BCUT2D eigenvalue weighted by Gasteiger charge is -2.09. The number of hydrogen-bond acceptors (Lipinski definition) is 5. The van der Waals surface area contributed by atoms with Crippen LogP contribution in [0.5, 0.6) is 0 Å². The van der Waals surface area contributed by atoms with Gasteiger partial charge in [-0.05, 0) is 31.9 Å². The quantitative estimate of drug-likeness (QED) is 0.731. The molecule has 1 aliphatic rings. The molecule has 1 aliphatic carbocycles. The van der Waals surface area contributed by atoms with Crippen LogP contribution in [0.4, 0.5) is 0 Å². The first kappa shape index (κ1) is 15.7. The van der Waals surface area contributed by atoms with Crippen molar-refractivity contribution >= 4 is 20.8 Å². The summed E-state index contributed by atoms with van der Waals surface area (Å²) in [6.45, 7) is 2.39. The number of furan rings is 1. The van der Waals surface area contributed by atoms with E-state index < -0.39 is 20.8 Å². The largest absolute Gasteiger partial charge is 0.447 e. The van der Waals surface area contributed by atoms with Crippen LogP contribution in [0.25, 0.3) is 0 Å². The fourth-order valence-electron chi connectivity index (χ4n) is 1.55. The Kier molecular flexibility index (Phi) is 5.00. The fraction of sp³-hybridized carbons (Fsp3) is 0.667. The molecule has 2 unspecified atom stereocenters.